The van der Waals surface area contributed by atoms with Crippen molar-refractivity contribution in [2.45, 2.75) is 56.6 Å². The van der Waals surface area contributed by atoms with E-state index in [1.807, 2.05) is 24.3 Å². The minimum absolute atomic E-state index is 0.272. The fourth-order valence-electron chi connectivity index (χ4n) is 3.34. The van der Waals surface area contributed by atoms with Gasteiger partial charge in [-0.2, -0.15) is 0 Å². The van der Waals surface area contributed by atoms with Crippen molar-refractivity contribution in [2.24, 2.45) is 0 Å². The summed E-state index contributed by atoms with van der Waals surface area (Å²) in [6, 6.07) is 13.9. The van der Waals surface area contributed by atoms with E-state index in [1.54, 1.807) is 12.1 Å². The number of hydrogen-bond donors (Lipinski definition) is 4. The Kier molecular flexibility index (Phi) is 8.77. The minimum Gasteiger partial charge on any atom is -0.489 e. The van der Waals surface area contributed by atoms with E-state index in [0.717, 1.165) is 29.7 Å². The van der Waals surface area contributed by atoms with Crippen molar-refractivity contribution >= 4 is 0 Å². The zero-order valence-corrected chi connectivity index (χ0v) is 17.1. The van der Waals surface area contributed by atoms with E-state index in [2.05, 4.69) is 0 Å². The molecule has 0 aromatic heterocycles. The Morgan fingerprint density at radius 2 is 1.52 bits per heavy atom. The zero-order valence-electron chi connectivity index (χ0n) is 17.1. The maximum atomic E-state index is 12.9. The number of unbranched alkanes of at least 4 members (excludes halogenated alkanes) is 1. The van der Waals surface area contributed by atoms with Crippen molar-refractivity contribution in [3.05, 3.63) is 65.5 Å². The molecule has 1 saturated heterocycles. The molecule has 0 spiro atoms. The highest BCUT2D eigenvalue weighted by molar-refractivity contribution is 5.28. The lowest BCUT2D eigenvalue weighted by atomic mass is 9.99. The minimum atomic E-state index is -1.43. The van der Waals surface area contributed by atoms with E-state index in [0.29, 0.717) is 19.6 Å². The summed E-state index contributed by atoms with van der Waals surface area (Å²) in [5.74, 6) is 0.464. The largest absolute Gasteiger partial charge is 0.489 e. The normalized spacial score (nSPS) is 26.0. The summed E-state index contributed by atoms with van der Waals surface area (Å²) in [5, 5.41) is 38.6. The summed E-state index contributed by atoms with van der Waals surface area (Å²) in [7, 11) is 0. The number of ether oxygens (including phenoxy) is 3. The fourth-order valence-corrected chi connectivity index (χ4v) is 3.34. The predicted octanol–water partition coefficient (Wildman–Crippen LogP) is 1.54. The number of benzene rings is 2. The molecule has 5 atom stereocenters. The number of aryl methyl sites for hydroxylation is 1. The average molecular weight is 436 g/mol. The van der Waals surface area contributed by atoms with Gasteiger partial charge in [-0.25, -0.2) is 4.39 Å². The molecule has 0 unspecified atom stereocenters. The molecular formula is C23H29FO7. The molecule has 7 nitrogen and oxygen atoms in total. The first-order valence-corrected chi connectivity index (χ1v) is 10.4. The zero-order chi connectivity index (χ0) is 22.2. The molecule has 1 aliphatic heterocycles. The molecular weight excluding hydrogens is 407 g/mol. The van der Waals surface area contributed by atoms with E-state index in [4.69, 9.17) is 14.2 Å². The Hall–Kier alpha value is -2.07. The SMILES string of the molecule is OC[C@H]1O[C@@H](OCCCCc2ccc(OCc3ccc(F)cc3)cc2)[C@H](O)[C@@H](O)[C@@H]1O. The molecule has 4 N–H and O–H groups in total. The van der Waals surface area contributed by atoms with E-state index >= 15 is 0 Å². The first-order valence-electron chi connectivity index (χ1n) is 10.4. The van der Waals surface area contributed by atoms with E-state index in [1.165, 1.54) is 12.1 Å². The van der Waals surface area contributed by atoms with Gasteiger partial charge in [-0.05, 0) is 54.7 Å². The molecule has 8 heteroatoms. The third-order valence-electron chi connectivity index (χ3n) is 5.23. The Morgan fingerprint density at radius 3 is 2.19 bits per heavy atom. The molecule has 1 fully saturated rings. The third kappa shape index (κ3) is 6.70. The van der Waals surface area contributed by atoms with Crippen molar-refractivity contribution in [1.29, 1.82) is 0 Å². The van der Waals surface area contributed by atoms with Gasteiger partial charge >= 0.3 is 0 Å². The first-order chi connectivity index (χ1) is 15.0. The number of aliphatic hydroxyl groups excluding tert-OH is 4. The van der Waals surface area contributed by atoms with Crippen LogP contribution in [0.3, 0.4) is 0 Å². The van der Waals surface area contributed by atoms with Crippen LogP contribution in [0.4, 0.5) is 4.39 Å². The Bertz CT molecular complexity index is 782. The van der Waals surface area contributed by atoms with Crippen molar-refractivity contribution in [3.63, 3.8) is 0 Å². The van der Waals surface area contributed by atoms with Gasteiger partial charge in [0.25, 0.3) is 0 Å². The van der Waals surface area contributed by atoms with Crippen molar-refractivity contribution in [1.82, 2.24) is 0 Å². The molecule has 0 saturated carbocycles. The van der Waals surface area contributed by atoms with Crippen LogP contribution in [0.1, 0.15) is 24.0 Å². The van der Waals surface area contributed by atoms with Crippen molar-refractivity contribution < 1.29 is 39.0 Å². The monoisotopic (exact) mass is 436 g/mol. The lowest BCUT2D eigenvalue weighted by molar-refractivity contribution is -0.301. The molecule has 31 heavy (non-hydrogen) atoms. The summed E-state index contributed by atoms with van der Waals surface area (Å²) in [6.45, 7) is 0.199. The molecule has 0 bridgehead atoms. The lowest BCUT2D eigenvalue weighted by Gasteiger charge is -2.39. The van der Waals surface area contributed by atoms with E-state index in [9.17, 15) is 24.8 Å². The third-order valence-corrected chi connectivity index (χ3v) is 5.23. The molecule has 0 amide bonds. The standard InChI is InChI=1S/C23H29FO7/c24-17-8-4-16(5-9-17)14-30-18-10-6-15(7-11-18)3-1-2-12-29-23-22(28)21(27)20(26)19(13-25)31-23/h4-11,19-23,25-28H,1-3,12-14H2/t19-,20-,21+,22-,23-/m1/s1. The van der Waals surface area contributed by atoms with Crippen LogP contribution in [0, 0.1) is 5.82 Å². The van der Waals surface area contributed by atoms with Crippen LogP contribution in [-0.4, -0.2) is 64.3 Å². The van der Waals surface area contributed by atoms with Gasteiger partial charge in [-0.1, -0.05) is 24.3 Å². The molecule has 1 heterocycles. The maximum absolute atomic E-state index is 12.9. The number of halogens is 1. The smallest absolute Gasteiger partial charge is 0.186 e. The highest BCUT2D eigenvalue weighted by atomic mass is 19.1. The van der Waals surface area contributed by atoms with Crippen LogP contribution in [0.15, 0.2) is 48.5 Å². The van der Waals surface area contributed by atoms with Gasteiger partial charge in [-0.15, -0.1) is 0 Å². The van der Waals surface area contributed by atoms with Gasteiger partial charge in [0.15, 0.2) is 6.29 Å². The van der Waals surface area contributed by atoms with Crippen LogP contribution in [0.5, 0.6) is 5.75 Å². The number of rotatable bonds is 10. The first kappa shape index (κ1) is 23.6. The molecule has 0 aliphatic carbocycles. The molecule has 170 valence electrons. The fraction of sp³-hybridized carbons (Fsp3) is 0.478. The van der Waals surface area contributed by atoms with Gasteiger partial charge in [0.2, 0.25) is 0 Å². The second kappa shape index (κ2) is 11.5. The van der Waals surface area contributed by atoms with Crippen LogP contribution >= 0.6 is 0 Å². The molecule has 0 radical (unpaired) electrons. The van der Waals surface area contributed by atoms with Crippen molar-refractivity contribution in [2.75, 3.05) is 13.2 Å². The summed E-state index contributed by atoms with van der Waals surface area (Å²) in [5.41, 5.74) is 2.03. The second-order valence-corrected chi connectivity index (χ2v) is 7.58. The quantitative estimate of drug-likeness (QED) is 0.419. The lowest BCUT2D eigenvalue weighted by Crippen LogP contribution is -2.59. The van der Waals surface area contributed by atoms with Crippen LogP contribution < -0.4 is 4.74 Å². The summed E-state index contributed by atoms with van der Waals surface area (Å²) >= 11 is 0. The van der Waals surface area contributed by atoms with Gasteiger partial charge in [0.1, 0.15) is 42.6 Å². The van der Waals surface area contributed by atoms with Gasteiger partial charge in [0.05, 0.1) is 6.61 Å². The van der Waals surface area contributed by atoms with Crippen LogP contribution in [0.2, 0.25) is 0 Å². The molecule has 2 aromatic carbocycles. The van der Waals surface area contributed by atoms with E-state index in [-0.39, 0.29) is 5.82 Å². The van der Waals surface area contributed by atoms with Gasteiger partial charge in [0, 0.05) is 6.61 Å². The van der Waals surface area contributed by atoms with Gasteiger partial charge < -0.3 is 34.6 Å². The Balaban J connectivity index is 1.34. The van der Waals surface area contributed by atoms with E-state index < -0.39 is 37.3 Å². The average Bonchev–Trinajstić information content (AvgIpc) is 2.79. The Labute approximate surface area is 180 Å². The molecule has 3 rings (SSSR count). The predicted molar refractivity (Wildman–Crippen MR) is 110 cm³/mol. The molecule has 1 aliphatic rings. The van der Waals surface area contributed by atoms with Crippen LogP contribution in [0.25, 0.3) is 0 Å². The van der Waals surface area contributed by atoms with Crippen molar-refractivity contribution in [3.8, 4) is 5.75 Å². The summed E-state index contributed by atoms with van der Waals surface area (Å²) < 4.78 is 29.4. The maximum Gasteiger partial charge on any atom is 0.186 e. The Morgan fingerprint density at radius 1 is 0.839 bits per heavy atom. The number of aliphatic hydroxyl groups is 4. The highest BCUT2D eigenvalue weighted by Gasteiger charge is 2.43. The van der Waals surface area contributed by atoms with Crippen LogP contribution in [-0.2, 0) is 22.5 Å². The number of hydrogen-bond acceptors (Lipinski definition) is 7. The highest BCUT2D eigenvalue weighted by Crippen LogP contribution is 2.22. The topological polar surface area (TPSA) is 109 Å². The second-order valence-electron chi connectivity index (χ2n) is 7.58. The summed E-state index contributed by atoms with van der Waals surface area (Å²) in [4.78, 5) is 0. The molecule has 2 aromatic rings. The van der Waals surface area contributed by atoms with Gasteiger partial charge in [-0.3, -0.25) is 0 Å². The summed E-state index contributed by atoms with van der Waals surface area (Å²) in [6.07, 6.45) is -3.87.